The monoisotopic (exact) mass is 692 g/mol. The van der Waals surface area contributed by atoms with Gasteiger partial charge in [0.1, 0.15) is 0 Å². The second kappa shape index (κ2) is 12.2. The molecule has 0 radical (unpaired) electrons. The van der Waals surface area contributed by atoms with Crippen LogP contribution in [0.25, 0.3) is 38.1 Å². The predicted molar refractivity (Wildman–Crippen MR) is 226 cm³/mol. The maximum Gasteiger partial charge on any atom is 0.247 e. The smallest absolute Gasteiger partial charge is 0.247 e. The van der Waals surface area contributed by atoms with E-state index in [1.54, 1.807) is 0 Å². The standard InChI is InChI=1S/C47H41BN2OS/c1-27(2)30-23-35(28(3)4)44(36(24-30)29(5)6)48-38-20-11-13-22-41(38)49(31-15-8-7-9-16-31)43-26-42-37(25-39(43)48)46(51)33-18-14-19-34-45(33)50(42)40-21-12-10-17-32(40)47(34)52/h7-29H,1-6H3. The van der Waals surface area contributed by atoms with Gasteiger partial charge in [-0.1, -0.05) is 144 Å². The zero-order valence-electron chi connectivity index (χ0n) is 30.6. The molecule has 2 aromatic heterocycles. The van der Waals surface area contributed by atoms with Crippen LogP contribution < -0.4 is 26.7 Å². The molecule has 5 heteroatoms. The summed E-state index contributed by atoms with van der Waals surface area (Å²) in [5.41, 5.74) is 14.1. The van der Waals surface area contributed by atoms with Crippen molar-refractivity contribution in [3.63, 3.8) is 0 Å². The van der Waals surface area contributed by atoms with Gasteiger partial charge in [0.05, 0.1) is 21.1 Å². The van der Waals surface area contributed by atoms with Crippen LogP contribution >= 0.6 is 12.2 Å². The largest absolute Gasteiger partial charge is 0.311 e. The second-order valence-corrected chi connectivity index (χ2v) is 15.8. The van der Waals surface area contributed by atoms with Crippen molar-refractivity contribution in [1.29, 1.82) is 0 Å². The molecular formula is C47H41BN2OS. The van der Waals surface area contributed by atoms with Gasteiger partial charge in [-0.3, -0.25) is 4.79 Å². The van der Waals surface area contributed by atoms with E-state index in [1.807, 2.05) is 18.2 Å². The van der Waals surface area contributed by atoms with Crippen molar-refractivity contribution in [2.45, 2.75) is 59.3 Å². The van der Waals surface area contributed by atoms with Crippen LogP contribution in [-0.2, 0) is 0 Å². The Labute approximate surface area is 310 Å². The Balaban J connectivity index is 1.50. The highest BCUT2D eigenvalue weighted by Gasteiger charge is 2.39. The number of hydrogen-bond acceptors (Lipinski definition) is 3. The molecule has 0 saturated carbocycles. The van der Waals surface area contributed by atoms with Gasteiger partial charge in [0.25, 0.3) is 0 Å². The summed E-state index contributed by atoms with van der Waals surface area (Å²) in [6.45, 7) is 13.8. The number of fused-ring (bicyclic) bond motifs is 6. The van der Waals surface area contributed by atoms with Gasteiger partial charge in [-0.25, -0.2) is 0 Å². The average Bonchev–Trinajstić information content (AvgIpc) is 3.16. The summed E-state index contributed by atoms with van der Waals surface area (Å²) in [5, 5.41) is 3.36. The van der Waals surface area contributed by atoms with Crippen LogP contribution in [0, 0.1) is 4.51 Å². The lowest BCUT2D eigenvalue weighted by Gasteiger charge is -2.39. The Morgan fingerprint density at radius 2 is 1.19 bits per heavy atom. The van der Waals surface area contributed by atoms with Crippen molar-refractivity contribution in [2.75, 3.05) is 4.90 Å². The fourth-order valence-corrected chi connectivity index (χ4v) is 9.14. The van der Waals surface area contributed by atoms with Gasteiger partial charge in [0, 0.05) is 38.6 Å². The first kappa shape index (κ1) is 32.6. The summed E-state index contributed by atoms with van der Waals surface area (Å²) in [6.07, 6.45) is 0. The van der Waals surface area contributed by atoms with E-state index in [-0.39, 0.29) is 12.1 Å². The Morgan fingerprint density at radius 1 is 0.558 bits per heavy atom. The van der Waals surface area contributed by atoms with Crippen molar-refractivity contribution in [3.8, 4) is 0 Å². The number of pyridine rings is 2. The highest BCUT2D eigenvalue weighted by Crippen LogP contribution is 2.40. The fourth-order valence-electron chi connectivity index (χ4n) is 8.80. The van der Waals surface area contributed by atoms with E-state index in [2.05, 4.69) is 154 Å². The predicted octanol–water partition coefficient (Wildman–Crippen LogP) is 10.6. The van der Waals surface area contributed by atoms with Crippen LogP contribution in [0.1, 0.15) is 76.0 Å². The molecule has 0 atom stereocenters. The van der Waals surface area contributed by atoms with Crippen molar-refractivity contribution < 1.29 is 0 Å². The zero-order chi connectivity index (χ0) is 36.0. The summed E-state index contributed by atoms with van der Waals surface area (Å²) in [4.78, 5) is 17.3. The number of para-hydroxylation sites is 4. The van der Waals surface area contributed by atoms with Crippen LogP contribution in [-0.4, -0.2) is 11.1 Å². The molecule has 0 unspecified atom stereocenters. The molecule has 0 saturated heterocycles. The first-order valence-corrected chi connectivity index (χ1v) is 19.0. The molecule has 8 aromatic rings. The van der Waals surface area contributed by atoms with Crippen LogP contribution in [0.5, 0.6) is 0 Å². The lowest BCUT2D eigenvalue weighted by atomic mass is 9.33. The number of rotatable bonds is 5. The summed E-state index contributed by atoms with van der Waals surface area (Å²) in [7, 11) is 0. The second-order valence-electron chi connectivity index (χ2n) is 15.4. The lowest BCUT2D eigenvalue weighted by Crippen LogP contribution is -2.59. The molecule has 0 fully saturated rings. The Bertz CT molecular complexity index is 2810. The van der Waals surface area contributed by atoms with Crippen molar-refractivity contribution in [1.82, 2.24) is 4.40 Å². The van der Waals surface area contributed by atoms with E-state index in [0.29, 0.717) is 23.1 Å². The molecular weight excluding hydrogens is 651 g/mol. The minimum Gasteiger partial charge on any atom is -0.311 e. The Kier molecular flexibility index (Phi) is 7.64. The average molecular weight is 693 g/mol. The van der Waals surface area contributed by atoms with Gasteiger partial charge in [0.15, 0.2) is 5.43 Å². The van der Waals surface area contributed by atoms with Crippen molar-refractivity contribution in [2.24, 2.45) is 0 Å². The Hall–Kier alpha value is -5.26. The van der Waals surface area contributed by atoms with Gasteiger partial charge >= 0.3 is 0 Å². The SMILES string of the molecule is CC(C)c1cc(C(C)C)c(B2c3ccccc3N(c3ccccc3)c3cc4c(cc32)c(=O)c2cccc3c(=S)c5ccccc5n4c23)c(C(C)C)c1. The summed E-state index contributed by atoms with van der Waals surface area (Å²) in [6, 6.07) is 43.3. The first-order chi connectivity index (χ1) is 25.2. The number of hydrogen-bond donors (Lipinski definition) is 0. The molecule has 3 heterocycles. The molecule has 0 amide bonds. The molecule has 0 aliphatic carbocycles. The quantitative estimate of drug-likeness (QED) is 0.0777. The van der Waals surface area contributed by atoms with Crippen LogP contribution in [0.4, 0.5) is 17.1 Å². The number of aromatic nitrogens is 1. The minimum atomic E-state index is -0.0748. The third-order valence-electron chi connectivity index (χ3n) is 11.3. The maximum atomic E-state index is 14.9. The van der Waals surface area contributed by atoms with E-state index < -0.39 is 0 Å². The van der Waals surface area contributed by atoms with Gasteiger partial charge in [-0.15, -0.1) is 0 Å². The van der Waals surface area contributed by atoms with Crippen LogP contribution in [0.3, 0.4) is 0 Å². The van der Waals surface area contributed by atoms with E-state index in [1.165, 1.54) is 27.6 Å². The molecule has 0 spiro atoms. The lowest BCUT2D eigenvalue weighted by molar-refractivity contribution is 0.812. The summed E-state index contributed by atoms with van der Waals surface area (Å²) >= 11 is 6.08. The first-order valence-electron chi connectivity index (χ1n) is 18.6. The van der Waals surface area contributed by atoms with Gasteiger partial charge in [0.2, 0.25) is 6.71 Å². The molecule has 9 rings (SSSR count). The summed E-state index contributed by atoms with van der Waals surface area (Å²) < 4.78 is 3.08. The third-order valence-corrected chi connectivity index (χ3v) is 11.7. The topological polar surface area (TPSA) is 24.7 Å². The zero-order valence-corrected chi connectivity index (χ0v) is 31.4. The van der Waals surface area contributed by atoms with E-state index in [0.717, 1.165) is 59.7 Å². The maximum absolute atomic E-state index is 14.9. The van der Waals surface area contributed by atoms with Gasteiger partial charge in [-0.2, -0.15) is 0 Å². The van der Waals surface area contributed by atoms with Crippen molar-refractivity contribution in [3.05, 3.63) is 153 Å². The highest BCUT2D eigenvalue weighted by molar-refractivity contribution is 7.72. The van der Waals surface area contributed by atoms with Gasteiger partial charge in [-0.05, 0) is 81.8 Å². The summed E-state index contributed by atoms with van der Waals surface area (Å²) in [5.74, 6) is 1.04. The molecule has 52 heavy (non-hydrogen) atoms. The molecule has 0 bridgehead atoms. The van der Waals surface area contributed by atoms with Crippen LogP contribution in [0.15, 0.2) is 126 Å². The molecule has 3 nitrogen and oxygen atoms in total. The Morgan fingerprint density at radius 3 is 1.90 bits per heavy atom. The molecule has 0 N–H and O–H groups in total. The normalized spacial score (nSPS) is 13.0. The molecule has 1 aliphatic heterocycles. The van der Waals surface area contributed by atoms with Crippen molar-refractivity contribution >= 4 is 90.5 Å². The van der Waals surface area contributed by atoms with E-state index >= 15 is 0 Å². The van der Waals surface area contributed by atoms with E-state index in [9.17, 15) is 4.79 Å². The minimum absolute atomic E-state index is 0.0419. The van der Waals surface area contributed by atoms with Crippen LogP contribution in [0.2, 0.25) is 0 Å². The third kappa shape index (κ3) is 4.72. The number of nitrogens with zero attached hydrogens (tertiary/aromatic N) is 2. The number of anilines is 3. The van der Waals surface area contributed by atoms with E-state index in [4.69, 9.17) is 12.2 Å². The number of benzene rings is 6. The molecule has 6 aromatic carbocycles. The molecule has 1 aliphatic rings. The fraction of sp³-hybridized carbons (Fsp3) is 0.191. The highest BCUT2D eigenvalue weighted by atomic mass is 32.1. The molecule has 254 valence electrons. The van der Waals surface area contributed by atoms with Gasteiger partial charge < -0.3 is 9.30 Å².